The first-order valence-electron chi connectivity index (χ1n) is 6.58. The molecule has 1 aromatic carbocycles. The normalized spacial score (nSPS) is 20.6. The molecule has 0 unspecified atom stereocenters. The molecule has 0 bridgehead atoms. The molecule has 1 aliphatic rings. The molecule has 17 heavy (non-hydrogen) atoms. The largest absolute Gasteiger partial charge is 0.309 e. The zero-order valence-electron chi connectivity index (χ0n) is 11.3. The summed E-state index contributed by atoms with van der Waals surface area (Å²) in [6.45, 7) is 2.31. The van der Waals surface area contributed by atoms with Crippen LogP contribution < -0.4 is 0 Å². The van der Waals surface area contributed by atoms with Crippen LogP contribution in [0.25, 0.3) is 0 Å². The number of benzene rings is 1. The molecule has 0 aromatic heterocycles. The number of fused-ring (bicyclic) bond motifs is 1. The molecule has 2 heteroatoms. The molecule has 1 heterocycles. The Morgan fingerprint density at radius 3 is 2.65 bits per heavy atom. The average molecular weight is 232 g/mol. The van der Waals surface area contributed by atoms with E-state index in [2.05, 4.69) is 55.2 Å². The first-order valence-corrected chi connectivity index (χ1v) is 6.58. The topological polar surface area (TPSA) is 6.48 Å². The molecule has 0 saturated carbocycles. The Morgan fingerprint density at radius 1 is 1.24 bits per heavy atom. The summed E-state index contributed by atoms with van der Waals surface area (Å²) in [5, 5.41) is 0. The van der Waals surface area contributed by atoms with Gasteiger partial charge in [-0.3, -0.25) is 4.90 Å². The van der Waals surface area contributed by atoms with Crippen molar-refractivity contribution in [2.75, 3.05) is 27.7 Å². The highest BCUT2D eigenvalue weighted by atomic mass is 15.1. The lowest BCUT2D eigenvalue weighted by Gasteiger charge is -2.34. The Bertz CT molecular complexity index is 360. The van der Waals surface area contributed by atoms with Crippen molar-refractivity contribution in [3.05, 3.63) is 35.4 Å². The van der Waals surface area contributed by atoms with Gasteiger partial charge in [0.25, 0.3) is 0 Å². The Balaban J connectivity index is 1.93. The van der Waals surface area contributed by atoms with Crippen LogP contribution in [-0.2, 0) is 13.0 Å². The van der Waals surface area contributed by atoms with Gasteiger partial charge in [-0.05, 0) is 58.1 Å². The van der Waals surface area contributed by atoms with Crippen LogP contribution in [-0.4, -0.2) is 43.5 Å². The number of hydrogen-bond acceptors (Lipinski definition) is 2. The van der Waals surface area contributed by atoms with Crippen molar-refractivity contribution in [2.24, 2.45) is 0 Å². The minimum absolute atomic E-state index is 0.727. The number of hydrogen-bond donors (Lipinski definition) is 0. The molecule has 0 radical (unpaired) electrons. The molecule has 94 valence electrons. The van der Waals surface area contributed by atoms with Crippen molar-refractivity contribution in [1.82, 2.24) is 9.80 Å². The fourth-order valence-electron chi connectivity index (χ4n) is 2.68. The van der Waals surface area contributed by atoms with E-state index in [0.717, 1.165) is 12.6 Å². The van der Waals surface area contributed by atoms with Crippen LogP contribution >= 0.6 is 0 Å². The van der Waals surface area contributed by atoms with E-state index in [1.54, 1.807) is 5.56 Å². The number of nitrogens with zero attached hydrogens (tertiary/aromatic N) is 2. The van der Waals surface area contributed by atoms with Crippen LogP contribution in [0.3, 0.4) is 0 Å². The van der Waals surface area contributed by atoms with Gasteiger partial charge in [0, 0.05) is 12.6 Å². The number of likely N-dealkylation sites (N-methyl/N-ethyl adjacent to an activating group) is 1. The van der Waals surface area contributed by atoms with E-state index in [1.807, 2.05) is 0 Å². The summed E-state index contributed by atoms with van der Waals surface area (Å²) in [5.74, 6) is 0. The van der Waals surface area contributed by atoms with Crippen molar-refractivity contribution in [3.63, 3.8) is 0 Å². The summed E-state index contributed by atoms with van der Waals surface area (Å²) >= 11 is 0. The molecule has 0 amide bonds. The zero-order chi connectivity index (χ0) is 12.3. The molecule has 0 saturated heterocycles. The molecule has 0 aliphatic carbocycles. The van der Waals surface area contributed by atoms with E-state index in [9.17, 15) is 0 Å². The van der Waals surface area contributed by atoms with Crippen molar-refractivity contribution in [2.45, 2.75) is 31.8 Å². The second-order valence-electron chi connectivity index (χ2n) is 5.49. The van der Waals surface area contributed by atoms with Gasteiger partial charge in [-0.25, -0.2) is 0 Å². The van der Waals surface area contributed by atoms with Gasteiger partial charge in [-0.15, -0.1) is 0 Å². The van der Waals surface area contributed by atoms with Gasteiger partial charge < -0.3 is 4.90 Å². The van der Waals surface area contributed by atoms with Gasteiger partial charge in [-0.2, -0.15) is 0 Å². The van der Waals surface area contributed by atoms with Crippen LogP contribution in [0.2, 0.25) is 0 Å². The van der Waals surface area contributed by atoms with Crippen molar-refractivity contribution in [1.29, 1.82) is 0 Å². The van der Waals surface area contributed by atoms with Crippen molar-refractivity contribution >= 4 is 0 Å². The van der Waals surface area contributed by atoms with Gasteiger partial charge in [0.2, 0.25) is 0 Å². The van der Waals surface area contributed by atoms with Crippen LogP contribution in [0.15, 0.2) is 24.3 Å². The molecule has 1 atom stereocenters. The Hall–Kier alpha value is -0.860. The maximum Gasteiger partial charge on any atom is 0.0236 e. The molecule has 1 aromatic rings. The van der Waals surface area contributed by atoms with E-state index >= 15 is 0 Å². The highest BCUT2D eigenvalue weighted by Crippen LogP contribution is 2.24. The minimum atomic E-state index is 0.727. The molecular weight excluding hydrogens is 208 g/mol. The number of rotatable bonds is 4. The summed E-state index contributed by atoms with van der Waals surface area (Å²) in [6, 6.07) is 9.60. The lowest BCUT2D eigenvalue weighted by Crippen LogP contribution is -2.37. The third-order valence-corrected chi connectivity index (χ3v) is 3.76. The average Bonchev–Trinajstić information content (AvgIpc) is 2.29. The summed E-state index contributed by atoms with van der Waals surface area (Å²) in [7, 11) is 6.57. The second-order valence-corrected chi connectivity index (χ2v) is 5.49. The van der Waals surface area contributed by atoms with Gasteiger partial charge in [0.05, 0.1) is 0 Å². The third-order valence-electron chi connectivity index (χ3n) is 3.76. The molecule has 0 N–H and O–H groups in total. The van der Waals surface area contributed by atoms with Gasteiger partial charge in [0.1, 0.15) is 0 Å². The third kappa shape index (κ3) is 3.30. The Morgan fingerprint density at radius 2 is 1.94 bits per heavy atom. The van der Waals surface area contributed by atoms with Gasteiger partial charge in [-0.1, -0.05) is 24.3 Å². The molecular formula is C15H24N2. The van der Waals surface area contributed by atoms with Crippen LogP contribution in [0.4, 0.5) is 0 Å². The van der Waals surface area contributed by atoms with E-state index in [1.165, 1.54) is 31.4 Å². The summed E-state index contributed by atoms with van der Waals surface area (Å²) in [6.07, 6.45) is 3.83. The predicted molar refractivity (Wildman–Crippen MR) is 73.2 cm³/mol. The lowest BCUT2D eigenvalue weighted by atomic mass is 9.92. The maximum atomic E-state index is 2.51. The SMILES string of the molecule is CN(C)CCC[C@@H]1Cc2ccccc2CN1C. The highest BCUT2D eigenvalue weighted by Gasteiger charge is 2.22. The predicted octanol–water partition coefficient (Wildman–Crippen LogP) is 2.38. The maximum absolute atomic E-state index is 2.51. The van der Waals surface area contributed by atoms with Crippen LogP contribution in [0.5, 0.6) is 0 Å². The van der Waals surface area contributed by atoms with E-state index in [0.29, 0.717) is 0 Å². The highest BCUT2D eigenvalue weighted by molar-refractivity contribution is 5.29. The molecule has 2 rings (SSSR count). The van der Waals surface area contributed by atoms with Crippen LogP contribution in [0.1, 0.15) is 24.0 Å². The zero-order valence-corrected chi connectivity index (χ0v) is 11.3. The summed E-state index contributed by atoms with van der Waals surface area (Å²) in [4.78, 5) is 4.79. The summed E-state index contributed by atoms with van der Waals surface area (Å²) in [5.41, 5.74) is 3.07. The van der Waals surface area contributed by atoms with Gasteiger partial charge in [0.15, 0.2) is 0 Å². The first kappa shape index (κ1) is 12.6. The van der Waals surface area contributed by atoms with E-state index in [-0.39, 0.29) is 0 Å². The Kier molecular flexibility index (Phi) is 4.19. The molecule has 0 fully saturated rings. The molecule has 2 nitrogen and oxygen atoms in total. The van der Waals surface area contributed by atoms with Gasteiger partial charge >= 0.3 is 0 Å². The first-order chi connectivity index (χ1) is 8.16. The van der Waals surface area contributed by atoms with Crippen LogP contribution in [0, 0.1) is 0 Å². The monoisotopic (exact) mass is 232 g/mol. The van der Waals surface area contributed by atoms with E-state index < -0.39 is 0 Å². The Labute approximate surface area is 105 Å². The van der Waals surface area contributed by atoms with Crippen molar-refractivity contribution < 1.29 is 0 Å². The summed E-state index contributed by atoms with van der Waals surface area (Å²) < 4.78 is 0. The van der Waals surface area contributed by atoms with Crippen molar-refractivity contribution in [3.8, 4) is 0 Å². The minimum Gasteiger partial charge on any atom is -0.309 e. The fraction of sp³-hybridized carbons (Fsp3) is 0.600. The standard InChI is InChI=1S/C15H24N2/c1-16(2)10-6-9-15-11-13-7-4-5-8-14(13)12-17(15)3/h4-5,7-8,15H,6,9-12H2,1-3H3/t15-/m1/s1. The molecule has 1 aliphatic heterocycles. The quantitative estimate of drug-likeness (QED) is 0.786. The fourth-order valence-corrected chi connectivity index (χ4v) is 2.68. The van der Waals surface area contributed by atoms with E-state index in [4.69, 9.17) is 0 Å². The molecule has 0 spiro atoms. The second kappa shape index (κ2) is 5.65. The smallest absolute Gasteiger partial charge is 0.0236 e. The lowest BCUT2D eigenvalue weighted by molar-refractivity contribution is 0.197.